The quantitative estimate of drug-likeness (QED) is 0.756. The fraction of sp³-hybridized carbons (Fsp3) is 0.357. The van der Waals surface area contributed by atoms with Crippen molar-refractivity contribution in [1.29, 1.82) is 5.26 Å². The number of hydrogen-bond donors (Lipinski definition) is 3. The molecule has 6 nitrogen and oxygen atoms in total. The third kappa shape index (κ3) is 5.44. The van der Waals surface area contributed by atoms with Crippen LogP contribution in [0.5, 0.6) is 0 Å². The number of halogens is 1. The van der Waals surface area contributed by atoms with Gasteiger partial charge in [-0.15, -0.1) is 0 Å². The lowest BCUT2D eigenvalue weighted by Crippen LogP contribution is -2.43. The highest BCUT2D eigenvalue weighted by atomic mass is 79.9. The topological polar surface area (TPSA) is 102 Å². The van der Waals surface area contributed by atoms with Crippen LogP contribution in [-0.4, -0.2) is 23.1 Å². The Morgan fingerprint density at radius 1 is 1.43 bits per heavy atom. The summed E-state index contributed by atoms with van der Waals surface area (Å²) in [5.41, 5.74) is 0.613. The smallest absolute Gasteiger partial charge is 0.326 e. The highest BCUT2D eigenvalue weighted by Gasteiger charge is 2.21. The standard InChI is InChI=1S/C14H16BrN3O3/c1-8(2)5-12(13(19)20)18-14(21)17-11-6-10(15)4-3-9(11)7-16/h3-4,6,8,12H,5H2,1-2H3,(H,19,20)(H2,17,18,21)/t12-/m0/s1. The molecule has 3 N–H and O–H groups in total. The van der Waals surface area contributed by atoms with Crippen molar-refractivity contribution in [2.75, 3.05) is 5.32 Å². The number of benzene rings is 1. The van der Waals surface area contributed by atoms with E-state index in [0.29, 0.717) is 22.1 Å². The molecule has 0 aliphatic rings. The summed E-state index contributed by atoms with van der Waals surface area (Å²) in [6, 6.07) is 5.15. The molecule has 1 aromatic rings. The Kier molecular flexibility index (Phi) is 6.18. The van der Waals surface area contributed by atoms with Crippen LogP contribution in [0.4, 0.5) is 10.5 Å². The first-order valence-corrected chi connectivity index (χ1v) is 7.12. The summed E-state index contributed by atoms with van der Waals surface area (Å²) < 4.78 is 0.703. The van der Waals surface area contributed by atoms with E-state index in [1.54, 1.807) is 18.2 Å². The summed E-state index contributed by atoms with van der Waals surface area (Å²) >= 11 is 3.25. The highest BCUT2D eigenvalue weighted by molar-refractivity contribution is 9.10. The van der Waals surface area contributed by atoms with E-state index in [4.69, 9.17) is 10.4 Å². The van der Waals surface area contributed by atoms with E-state index >= 15 is 0 Å². The minimum Gasteiger partial charge on any atom is -0.480 e. The average Bonchev–Trinajstić information content (AvgIpc) is 2.37. The van der Waals surface area contributed by atoms with Gasteiger partial charge in [0.2, 0.25) is 0 Å². The summed E-state index contributed by atoms with van der Waals surface area (Å²) in [6.45, 7) is 3.75. The van der Waals surface area contributed by atoms with Crippen molar-refractivity contribution in [3.8, 4) is 6.07 Å². The second-order valence-corrected chi connectivity index (χ2v) is 5.84. The third-order valence-corrected chi connectivity index (χ3v) is 3.15. The van der Waals surface area contributed by atoms with Crippen LogP contribution in [-0.2, 0) is 4.79 Å². The molecular formula is C14H16BrN3O3. The fourth-order valence-electron chi connectivity index (χ4n) is 1.73. The van der Waals surface area contributed by atoms with Gasteiger partial charge in [0.15, 0.2) is 0 Å². The van der Waals surface area contributed by atoms with E-state index < -0.39 is 18.0 Å². The number of aliphatic carboxylic acids is 1. The highest BCUT2D eigenvalue weighted by Crippen LogP contribution is 2.20. The molecule has 0 bridgehead atoms. The molecule has 1 rings (SSSR count). The molecular weight excluding hydrogens is 338 g/mol. The molecule has 0 aliphatic carbocycles. The molecule has 0 saturated carbocycles. The largest absolute Gasteiger partial charge is 0.480 e. The average molecular weight is 354 g/mol. The maximum atomic E-state index is 11.9. The summed E-state index contributed by atoms with van der Waals surface area (Å²) in [5.74, 6) is -0.958. The molecule has 0 heterocycles. The van der Waals surface area contributed by atoms with Gasteiger partial charge in [0.25, 0.3) is 0 Å². The summed E-state index contributed by atoms with van der Waals surface area (Å²) in [6.07, 6.45) is 0.326. The Morgan fingerprint density at radius 2 is 2.10 bits per heavy atom. The lowest BCUT2D eigenvalue weighted by Gasteiger charge is -2.17. The molecule has 2 amide bonds. The van der Waals surface area contributed by atoms with Gasteiger partial charge in [-0.3, -0.25) is 0 Å². The summed E-state index contributed by atoms with van der Waals surface area (Å²) in [7, 11) is 0. The number of hydrogen-bond acceptors (Lipinski definition) is 3. The Bertz CT molecular complexity index is 581. The van der Waals surface area contributed by atoms with Crippen LogP contribution in [0.2, 0.25) is 0 Å². The van der Waals surface area contributed by atoms with Crippen molar-refractivity contribution in [2.24, 2.45) is 5.92 Å². The minimum atomic E-state index is -1.09. The number of carboxylic acids is 1. The lowest BCUT2D eigenvalue weighted by atomic mass is 10.0. The molecule has 0 fully saturated rings. The number of nitrogens with one attached hydrogen (secondary N) is 2. The second-order valence-electron chi connectivity index (χ2n) is 4.92. The van der Waals surface area contributed by atoms with Gasteiger partial charge < -0.3 is 15.7 Å². The fourth-order valence-corrected chi connectivity index (χ4v) is 2.09. The number of carboxylic acid groups (broad SMARTS) is 1. The minimum absolute atomic E-state index is 0.131. The molecule has 21 heavy (non-hydrogen) atoms. The first kappa shape index (κ1) is 17.0. The van der Waals surface area contributed by atoms with E-state index in [-0.39, 0.29) is 5.92 Å². The van der Waals surface area contributed by atoms with Gasteiger partial charge in [-0.2, -0.15) is 5.26 Å². The van der Waals surface area contributed by atoms with E-state index in [1.807, 2.05) is 19.9 Å². The molecule has 0 unspecified atom stereocenters. The number of rotatable bonds is 5. The first-order chi connectivity index (χ1) is 9.83. The normalized spacial score (nSPS) is 11.6. The van der Waals surface area contributed by atoms with Crippen molar-refractivity contribution in [1.82, 2.24) is 5.32 Å². The second kappa shape index (κ2) is 7.64. The predicted octanol–water partition coefficient (Wildman–Crippen LogP) is 2.94. The van der Waals surface area contributed by atoms with Gasteiger partial charge in [-0.25, -0.2) is 9.59 Å². The van der Waals surface area contributed by atoms with Crippen molar-refractivity contribution in [3.05, 3.63) is 28.2 Å². The zero-order valence-corrected chi connectivity index (χ0v) is 13.3. The van der Waals surface area contributed by atoms with E-state index in [2.05, 4.69) is 26.6 Å². The summed E-state index contributed by atoms with van der Waals surface area (Å²) in [5, 5.41) is 22.9. The number of carbonyl (C=O) groups excluding carboxylic acids is 1. The van der Waals surface area contributed by atoms with Crippen molar-refractivity contribution < 1.29 is 14.7 Å². The number of urea groups is 1. The van der Waals surface area contributed by atoms with Crippen LogP contribution in [0.3, 0.4) is 0 Å². The van der Waals surface area contributed by atoms with Crippen LogP contribution in [0.15, 0.2) is 22.7 Å². The van der Waals surface area contributed by atoms with Gasteiger partial charge in [0.1, 0.15) is 12.1 Å². The number of amides is 2. The first-order valence-electron chi connectivity index (χ1n) is 6.33. The van der Waals surface area contributed by atoms with Crippen LogP contribution in [0.1, 0.15) is 25.8 Å². The van der Waals surface area contributed by atoms with E-state index in [0.717, 1.165) is 0 Å². The molecule has 0 aromatic heterocycles. The Balaban J connectivity index is 2.79. The zero-order valence-electron chi connectivity index (χ0n) is 11.7. The predicted molar refractivity (Wildman–Crippen MR) is 81.9 cm³/mol. The van der Waals surface area contributed by atoms with E-state index in [1.165, 1.54) is 0 Å². The van der Waals surface area contributed by atoms with Gasteiger partial charge in [-0.1, -0.05) is 29.8 Å². The zero-order chi connectivity index (χ0) is 16.0. The molecule has 7 heteroatoms. The number of anilines is 1. The Labute approximate surface area is 131 Å². The maximum Gasteiger partial charge on any atom is 0.326 e. The van der Waals surface area contributed by atoms with Crippen LogP contribution >= 0.6 is 15.9 Å². The van der Waals surface area contributed by atoms with Crippen molar-refractivity contribution in [3.63, 3.8) is 0 Å². The number of carbonyl (C=O) groups is 2. The van der Waals surface area contributed by atoms with Gasteiger partial charge in [0, 0.05) is 4.47 Å². The van der Waals surface area contributed by atoms with Gasteiger partial charge in [-0.05, 0) is 30.5 Å². The molecule has 0 saturated heterocycles. The lowest BCUT2D eigenvalue weighted by molar-refractivity contribution is -0.139. The van der Waals surface area contributed by atoms with Crippen LogP contribution in [0, 0.1) is 17.2 Å². The van der Waals surface area contributed by atoms with Gasteiger partial charge in [0.05, 0.1) is 11.3 Å². The van der Waals surface area contributed by atoms with Crippen LogP contribution in [0.25, 0.3) is 0 Å². The summed E-state index contributed by atoms with van der Waals surface area (Å²) in [4.78, 5) is 23.0. The molecule has 112 valence electrons. The molecule has 0 spiro atoms. The molecule has 1 atom stereocenters. The van der Waals surface area contributed by atoms with Crippen molar-refractivity contribution in [2.45, 2.75) is 26.3 Å². The molecule has 1 aromatic carbocycles. The Hall–Kier alpha value is -2.07. The van der Waals surface area contributed by atoms with Crippen molar-refractivity contribution >= 4 is 33.6 Å². The molecule has 0 aliphatic heterocycles. The van der Waals surface area contributed by atoms with Crippen LogP contribution < -0.4 is 10.6 Å². The molecule has 0 radical (unpaired) electrons. The Morgan fingerprint density at radius 3 is 2.62 bits per heavy atom. The number of nitriles is 1. The number of nitrogens with zero attached hydrogens (tertiary/aromatic N) is 1. The van der Waals surface area contributed by atoms with Gasteiger partial charge >= 0.3 is 12.0 Å². The SMILES string of the molecule is CC(C)C[C@H](NC(=O)Nc1cc(Br)ccc1C#N)C(=O)O. The monoisotopic (exact) mass is 353 g/mol. The third-order valence-electron chi connectivity index (χ3n) is 2.66. The maximum absolute atomic E-state index is 11.9. The van der Waals surface area contributed by atoms with E-state index in [9.17, 15) is 9.59 Å².